The maximum atomic E-state index is 13.2. The number of amides is 4. The summed E-state index contributed by atoms with van der Waals surface area (Å²) in [5.41, 5.74) is 8.36. The van der Waals surface area contributed by atoms with E-state index in [4.69, 9.17) is 24.9 Å². The number of imide groups is 1. The highest BCUT2D eigenvalue weighted by Crippen LogP contribution is 2.72. The fraction of sp³-hybridized carbons (Fsp3) is 0.600. The Morgan fingerprint density at radius 1 is 0.768 bits per heavy atom. The van der Waals surface area contributed by atoms with Crippen molar-refractivity contribution in [3.8, 4) is 11.1 Å². The molecule has 0 radical (unpaired) electrons. The number of carbonyl (C=O) groups is 5. The van der Waals surface area contributed by atoms with Crippen molar-refractivity contribution in [3.05, 3.63) is 100.0 Å². The zero-order valence-electron chi connectivity index (χ0n) is 56.7. The summed E-state index contributed by atoms with van der Waals surface area (Å²) in [5, 5.41) is 31.6. The van der Waals surface area contributed by atoms with E-state index >= 15 is 0 Å². The molecular formula is C75H98N12O7S. The van der Waals surface area contributed by atoms with E-state index in [2.05, 4.69) is 72.2 Å². The first-order valence-electron chi connectivity index (χ1n) is 35.8. The van der Waals surface area contributed by atoms with Gasteiger partial charge in [-0.3, -0.25) is 29.2 Å². The van der Waals surface area contributed by atoms with Crippen molar-refractivity contribution in [2.24, 2.45) is 16.2 Å². The number of likely N-dealkylation sites (N-methyl/N-ethyl adjacent to an activating group) is 1. The van der Waals surface area contributed by atoms with E-state index in [9.17, 15) is 29.1 Å². The van der Waals surface area contributed by atoms with Crippen LogP contribution in [0.25, 0.3) is 21.3 Å². The van der Waals surface area contributed by atoms with Crippen molar-refractivity contribution in [2.75, 3.05) is 56.6 Å². The second-order valence-electron chi connectivity index (χ2n) is 30.3. The number of rotatable bonds is 29. The molecule has 6 aromatic rings. The van der Waals surface area contributed by atoms with Gasteiger partial charge in [0.05, 0.1) is 28.6 Å². The minimum Gasteiger partial charge on any atom is -0.476 e. The fourth-order valence-electron chi connectivity index (χ4n) is 18.9. The van der Waals surface area contributed by atoms with Crippen LogP contribution in [0, 0.1) is 30.1 Å². The number of aromatic carboxylic acids is 1. The van der Waals surface area contributed by atoms with Crippen LogP contribution in [0.1, 0.15) is 229 Å². The maximum Gasteiger partial charge on any atom is 0.355 e. The smallest absolute Gasteiger partial charge is 0.355 e. The lowest BCUT2D eigenvalue weighted by Crippen LogP contribution is -2.64. The van der Waals surface area contributed by atoms with Crippen molar-refractivity contribution in [2.45, 2.75) is 225 Å². The summed E-state index contributed by atoms with van der Waals surface area (Å²) in [6.07, 6.45) is 29.5. The number of carbonyl (C=O) groups excluding carboxylic acids is 4. The minimum atomic E-state index is -1.08. The molecule has 20 heteroatoms. The van der Waals surface area contributed by atoms with Gasteiger partial charge in [-0.1, -0.05) is 120 Å². The van der Waals surface area contributed by atoms with Gasteiger partial charge in [0.15, 0.2) is 22.5 Å². The summed E-state index contributed by atoms with van der Waals surface area (Å²) in [6.45, 7) is 15.3. The van der Waals surface area contributed by atoms with Gasteiger partial charge < -0.3 is 34.8 Å². The number of piperidine rings is 2. The first-order valence-corrected chi connectivity index (χ1v) is 36.6. The van der Waals surface area contributed by atoms with Gasteiger partial charge in [0, 0.05) is 85.6 Å². The van der Waals surface area contributed by atoms with Crippen LogP contribution in [-0.2, 0) is 38.6 Å². The maximum absolute atomic E-state index is 13.2. The van der Waals surface area contributed by atoms with Crippen LogP contribution in [-0.4, -0.2) is 137 Å². The van der Waals surface area contributed by atoms with E-state index in [1.807, 2.05) is 58.5 Å². The van der Waals surface area contributed by atoms with Crippen LogP contribution in [0.4, 0.5) is 22.6 Å². The molecule has 95 heavy (non-hydrogen) atoms. The van der Waals surface area contributed by atoms with Crippen molar-refractivity contribution >= 4 is 73.7 Å². The summed E-state index contributed by atoms with van der Waals surface area (Å²) in [5.74, 6) is 0.631. The van der Waals surface area contributed by atoms with Crippen LogP contribution in [0.5, 0.6) is 0 Å². The predicted molar refractivity (Wildman–Crippen MR) is 370 cm³/mol. The van der Waals surface area contributed by atoms with Gasteiger partial charge in [-0.25, -0.2) is 14.8 Å². The Morgan fingerprint density at radius 2 is 1.47 bits per heavy atom. The number of hydrogen-bond donors (Lipinski definition) is 3. The molecule has 4 aliphatic carbocycles. The molecule has 4 aromatic heterocycles. The Bertz CT molecular complexity index is 3780. The summed E-state index contributed by atoms with van der Waals surface area (Å²) in [6, 6.07) is 17.3. The Labute approximate surface area is 563 Å². The zero-order chi connectivity index (χ0) is 66.1. The van der Waals surface area contributed by atoms with E-state index in [0.29, 0.717) is 60.4 Å². The van der Waals surface area contributed by atoms with Crippen LogP contribution in [0.15, 0.2) is 60.8 Å². The number of carboxylic acids is 1. The SMILES string of the molecule is Cc1c(Nc2nc3ccccc3s2)nnc2c1CCCN2c1ccc(-c2cnn(CC34CC5(C)CC(C)(C3)CC(OCCN(C)CCCCCCCCCCCCCCCC(=O)N3CCC(c6ccc7c(c6)CN(C6CCC(=O)NC6=O)C7=O)CC3)(C5)C4)c2C)c(C(=O)O)n1. The number of thiazole rings is 1. The minimum absolute atomic E-state index is 0.000800. The number of hydrogen-bond acceptors (Lipinski definition) is 15. The third kappa shape index (κ3) is 14.6. The van der Waals surface area contributed by atoms with Crippen LogP contribution in [0.3, 0.4) is 0 Å². The zero-order valence-corrected chi connectivity index (χ0v) is 57.6. The summed E-state index contributed by atoms with van der Waals surface area (Å²) in [7, 11) is 2.25. The second kappa shape index (κ2) is 28.1. The number of benzene rings is 2. The number of carboxylic acid groups (broad SMARTS) is 1. The van der Waals surface area contributed by atoms with Crippen molar-refractivity contribution in [1.29, 1.82) is 0 Å². The highest BCUT2D eigenvalue weighted by atomic mass is 32.1. The van der Waals surface area contributed by atoms with E-state index in [1.54, 1.807) is 16.2 Å². The number of pyridine rings is 1. The number of nitrogens with one attached hydrogen (secondary N) is 2. The molecule has 4 saturated carbocycles. The molecule has 0 spiro atoms. The molecule has 19 nitrogen and oxygen atoms in total. The van der Waals surface area contributed by atoms with Gasteiger partial charge in [0.25, 0.3) is 5.91 Å². The van der Waals surface area contributed by atoms with E-state index in [-0.39, 0.29) is 57.6 Å². The molecule has 6 fully saturated rings. The Kier molecular flexibility index (Phi) is 19.7. The molecule has 2 aromatic carbocycles. The lowest BCUT2D eigenvalue weighted by atomic mass is 9.39. The third-order valence-electron chi connectivity index (χ3n) is 22.5. The molecule has 3 N–H and O–H groups in total. The Balaban J connectivity index is 0.494. The summed E-state index contributed by atoms with van der Waals surface area (Å²) >= 11 is 1.58. The first-order chi connectivity index (χ1) is 45.8. The number of likely N-dealkylation sites (tertiary alicyclic amines) is 1. The van der Waals surface area contributed by atoms with Gasteiger partial charge in [-0.15, -0.1) is 10.2 Å². The number of para-hydroxylation sites is 1. The summed E-state index contributed by atoms with van der Waals surface area (Å²) in [4.78, 5) is 81.3. The lowest BCUT2D eigenvalue weighted by molar-refractivity contribution is -0.248. The van der Waals surface area contributed by atoms with Crippen molar-refractivity contribution < 1.29 is 33.8 Å². The Hall–Kier alpha value is -7.16. The molecule has 14 rings (SSSR count). The number of ether oxygens (including phenoxy) is 1. The molecule has 3 atom stereocenters. The normalized spacial score (nSPS) is 24.1. The van der Waals surface area contributed by atoms with E-state index < -0.39 is 12.0 Å². The number of nitrogens with zero attached hydrogens (tertiary/aromatic N) is 10. The number of fused-ring (bicyclic) bond motifs is 3. The molecule has 8 heterocycles. The lowest BCUT2D eigenvalue weighted by Gasteiger charge is -2.69. The van der Waals surface area contributed by atoms with Crippen LogP contribution < -0.4 is 15.5 Å². The Morgan fingerprint density at radius 3 is 2.19 bits per heavy atom. The van der Waals surface area contributed by atoms with Gasteiger partial charge in [0.1, 0.15) is 11.9 Å². The van der Waals surface area contributed by atoms with Gasteiger partial charge in [-0.05, 0) is 175 Å². The number of anilines is 4. The topological polar surface area (TPSA) is 221 Å². The quantitative estimate of drug-likeness (QED) is 0.0294. The standard InChI is InChI=1S/C75H98N12O7S/c1-50-55-22-21-35-85(67(55)82-81-66(50)80-71-77-59-23-18-19-24-61(59)95-71)62-30-28-57(65(78-62)70(92)93)58-41-76-87(51(58)2)49-74-44-72(3)43-73(4,45-74)47-75(46-72,48-74)94-39-38-83(5)34-20-16-14-12-10-8-6-7-9-11-13-15-17-25-64(89)84-36-32-52(33-37-84)53-26-27-56-54(40-53)42-86(69(56)91)60-29-31-63(88)79-68(60)90/h18-19,23-24,26-28,30,40-41,52,60H,6-17,20-22,25,29,31-39,42-49H2,1-5H3,(H,92,93)(H,77,80,81)(H,79,88,90). The van der Waals surface area contributed by atoms with E-state index in [1.165, 1.54) is 82.6 Å². The second-order valence-corrected chi connectivity index (χ2v) is 31.4. The van der Waals surface area contributed by atoms with Crippen LogP contribution in [0.2, 0.25) is 0 Å². The fourth-order valence-corrected chi connectivity index (χ4v) is 19.7. The number of aromatic nitrogens is 6. The van der Waals surface area contributed by atoms with Gasteiger partial charge >= 0.3 is 5.97 Å². The average Bonchev–Trinajstić information content (AvgIpc) is 0.973. The highest BCUT2D eigenvalue weighted by molar-refractivity contribution is 7.22. The monoisotopic (exact) mass is 1310 g/mol. The molecule has 3 unspecified atom stereocenters. The largest absolute Gasteiger partial charge is 0.476 e. The van der Waals surface area contributed by atoms with E-state index in [0.717, 1.165) is 153 Å². The molecule has 4 aliphatic heterocycles. The van der Waals surface area contributed by atoms with Crippen LogP contribution >= 0.6 is 11.3 Å². The average molecular weight is 1310 g/mol. The first kappa shape index (κ1) is 66.5. The molecule has 4 amide bonds. The molecule has 506 valence electrons. The highest BCUT2D eigenvalue weighted by Gasteiger charge is 2.66. The molecule has 8 aliphatic rings. The molecule has 2 saturated heterocycles. The van der Waals surface area contributed by atoms with Crippen molar-refractivity contribution in [3.63, 3.8) is 0 Å². The van der Waals surface area contributed by atoms with Gasteiger partial charge in [0.2, 0.25) is 17.7 Å². The predicted octanol–water partition coefficient (Wildman–Crippen LogP) is 14.2. The molecular weight excluding hydrogens is 1210 g/mol. The number of unbranched alkanes of at least 4 members (excludes halogenated alkanes) is 12. The van der Waals surface area contributed by atoms with Crippen molar-refractivity contribution in [1.82, 2.24) is 50.0 Å². The summed E-state index contributed by atoms with van der Waals surface area (Å²) < 4.78 is 10.4. The van der Waals surface area contributed by atoms with Gasteiger partial charge in [-0.2, -0.15) is 5.10 Å². The third-order valence-corrected chi connectivity index (χ3v) is 23.4. The molecule has 4 bridgehead atoms.